The van der Waals surface area contributed by atoms with Crippen LogP contribution in [-0.4, -0.2) is 40.2 Å². The van der Waals surface area contributed by atoms with Crippen LogP contribution in [0.4, 0.5) is 4.39 Å². The van der Waals surface area contributed by atoms with Crippen LogP contribution in [0.1, 0.15) is 23.2 Å². The van der Waals surface area contributed by atoms with Crippen molar-refractivity contribution in [3.63, 3.8) is 0 Å². The van der Waals surface area contributed by atoms with Crippen molar-refractivity contribution < 1.29 is 22.7 Å². The monoisotopic (exact) mass is 484 g/mol. The first-order chi connectivity index (χ1) is 16.3. The van der Waals surface area contributed by atoms with Crippen LogP contribution in [0.15, 0.2) is 66.1 Å². The lowest BCUT2D eigenvalue weighted by molar-refractivity contribution is -0.137. The predicted molar refractivity (Wildman–Crippen MR) is 126 cm³/mol. The van der Waals surface area contributed by atoms with Crippen LogP contribution in [0.25, 0.3) is 10.9 Å². The van der Waals surface area contributed by atoms with Gasteiger partial charge in [0.2, 0.25) is 10.0 Å². The van der Waals surface area contributed by atoms with E-state index < -0.39 is 21.8 Å². The molecule has 4 aromatic rings. The van der Waals surface area contributed by atoms with Crippen molar-refractivity contribution >= 4 is 26.9 Å². The number of carboxylic acid groups (broad SMARTS) is 1. The van der Waals surface area contributed by atoms with Crippen molar-refractivity contribution in [2.24, 2.45) is 0 Å². The number of fused-ring (bicyclic) bond motifs is 1. The number of nitrogens with one attached hydrogen (secondary N) is 1. The molecule has 0 saturated heterocycles. The predicted octanol–water partition coefficient (Wildman–Crippen LogP) is 3.33. The van der Waals surface area contributed by atoms with Crippen molar-refractivity contribution in [1.29, 1.82) is 0 Å². The topological polar surface area (TPSA) is 106 Å². The second-order valence-electron chi connectivity index (χ2n) is 8.01. The van der Waals surface area contributed by atoms with Gasteiger partial charge in [0.25, 0.3) is 0 Å². The minimum atomic E-state index is -3.77. The van der Waals surface area contributed by atoms with Gasteiger partial charge in [0, 0.05) is 47.6 Å². The lowest BCUT2D eigenvalue weighted by atomic mass is 10.0. The zero-order chi connectivity index (χ0) is 24.3. The number of hydrogen-bond donors (Lipinski definition) is 2. The highest BCUT2D eigenvalue weighted by Gasteiger charge is 2.19. The molecule has 2 heterocycles. The first kappa shape index (κ1) is 23.7. The quantitative estimate of drug-likeness (QED) is 0.359. The highest BCUT2D eigenvalue weighted by Crippen LogP contribution is 2.30. The summed E-state index contributed by atoms with van der Waals surface area (Å²) in [6.07, 6.45) is 5.70. The number of carbonyl (C=O) groups is 1. The molecule has 34 heavy (non-hydrogen) atoms. The second-order valence-corrected chi connectivity index (χ2v) is 9.77. The number of imidazole rings is 1. The minimum absolute atomic E-state index is 0.00314. The van der Waals surface area contributed by atoms with E-state index in [9.17, 15) is 22.7 Å². The number of sulfonamides is 1. The Kier molecular flexibility index (Phi) is 6.80. The zero-order valence-corrected chi connectivity index (χ0v) is 19.4. The Bertz CT molecular complexity index is 1410. The summed E-state index contributed by atoms with van der Waals surface area (Å²) >= 11 is 0. The van der Waals surface area contributed by atoms with E-state index in [1.807, 2.05) is 40.5 Å². The zero-order valence-electron chi connectivity index (χ0n) is 18.6. The van der Waals surface area contributed by atoms with E-state index in [4.69, 9.17) is 0 Å². The third-order valence-corrected chi connectivity index (χ3v) is 7.30. The van der Waals surface area contributed by atoms with Gasteiger partial charge in [-0.2, -0.15) is 0 Å². The van der Waals surface area contributed by atoms with Gasteiger partial charge in [-0.15, -0.1) is 0 Å². The summed E-state index contributed by atoms with van der Waals surface area (Å²) in [4.78, 5) is 15.3. The minimum Gasteiger partial charge on any atom is -0.481 e. The molecule has 8 nitrogen and oxygen atoms in total. The van der Waals surface area contributed by atoms with E-state index >= 15 is 0 Å². The summed E-state index contributed by atoms with van der Waals surface area (Å²) in [5.74, 6) is -1.37. The number of rotatable bonds is 10. The molecule has 2 aromatic carbocycles. The van der Waals surface area contributed by atoms with Gasteiger partial charge >= 0.3 is 5.97 Å². The molecular weight excluding hydrogens is 459 g/mol. The molecule has 2 aromatic heterocycles. The molecule has 0 aliphatic rings. The summed E-state index contributed by atoms with van der Waals surface area (Å²) < 4.78 is 44.8. The number of aryl methyl sites for hydroxylation is 1. The molecule has 0 atom stereocenters. The van der Waals surface area contributed by atoms with Gasteiger partial charge in [0.1, 0.15) is 5.82 Å². The molecule has 0 radical (unpaired) electrons. The van der Waals surface area contributed by atoms with E-state index in [1.54, 1.807) is 12.5 Å². The van der Waals surface area contributed by atoms with Crippen molar-refractivity contribution in [2.75, 3.05) is 6.54 Å². The normalized spacial score (nSPS) is 11.8. The fourth-order valence-electron chi connectivity index (χ4n) is 4.16. The molecule has 0 unspecified atom stereocenters. The average Bonchev–Trinajstić information content (AvgIpc) is 3.40. The molecule has 0 spiro atoms. The Balaban J connectivity index is 1.65. The maximum atomic E-state index is 13.1. The lowest BCUT2D eigenvalue weighted by Gasteiger charge is -2.10. The van der Waals surface area contributed by atoms with Crippen molar-refractivity contribution in [3.8, 4) is 0 Å². The van der Waals surface area contributed by atoms with Gasteiger partial charge in [0.05, 0.1) is 24.2 Å². The fraction of sp³-hybridized carbons (Fsp3) is 0.250. The SMILES string of the molecule is Cc1c(Cn2ccnc2)c2c(CCNS(=O)(=O)c3ccc(F)cc3)cccc2n1CCC(=O)O. The molecule has 4 rings (SSSR count). The summed E-state index contributed by atoms with van der Waals surface area (Å²) in [6, 6.07) is 10.5. The molecule has 2 N–H and O–H groups in total. The standard InChI is InChI=1S/C24H25FN4O4S/c1-17-21(15-28-14-12-26-16-28)24-18(3-2-4-22(24)29(17)13-10-23(30)31)9-11-27-34(32,33)20-7-5-19(25)6-8-20/h2-8,12,14,16,27H,9-11,13,15H2,1H3,(H,30,31). The molecular formula is C24H25FN4O4S. The molecule has 178 valence electrons. The van der Waals surface area contributed by atoms with Gasteiger partial charge in [0.15, 0.2) is 0 Å². The van der Waals surface area contributed by atoms with E-state index in [0.717, 1.165) is 39.9 Å². The van der Waals surface area contributed by atoms with Crippen LogP contribution in [0.3, 0.4) is 0 Å². The van der Waals surface area contributed by atoms with Crippen LogP contribution in [0.5, 0.6) is 0 Å². The summed E-state index contributed by atoms with van der Waals surface area (Å²) in [5.41, 5.74) is 3.86. The Morgan fingerprint density at radius 2 is 1.94 bits per heavy atom. The Morgan fingerprint density at radius 1 is 1.18 bits per heavy atom. The second kappa shape index (κ2) is 9.78. The third kappa shape index (κ3) is 5.02. The van der Waals surface area contributed by atoms with Gasteiger partial charge in [-0.05, 0) is 49.2 Å². The summed E-state index contributed by atoms with van der Waals surface area (Å²) in [7, 11) is -3.77. The Labute approximate surface area is 196 Å². The Morgan fingerprint density at radius 3 is 2.62 bits per heavy atom. The molecule has 0 aliphatic heterocycles. The number of aromatic nitrogens is 3. The van der Waals surface area contributed by atoms with Gasteiger partial charge in [-0.1, -0.05) is 12.1 Å². The number of carboxylic acids is 1. The number of aliphatic carboxylic acids is 1. The maximum Gasteiger partial charge on any atom is 0.305 e. The molecule has 0 aliphatic carbocycles. The summed E-state index contributed by atoms with van der Waals surface area (Å²) in [6.45, 7) is 3.01. The molecule has 0 fully saturated rings. The highest BCUT2D eigenvalue weighted by atomic mass is 32.2. The smallest absolute Gasteiger partial charge is 0.305 e. The first-order valence-electron chi connectivity index (χ1n) is 10.8. The van der Waals surface area contributed by atoms with Crippen LogP contribution < -0.4 is 4.72 Å². The number of benzene rings is 2. The largest absolute Gasteiger partial charge is 0.481 e. The lowest BCUT2D eigenvalue weighted by Crippen LogP contribution is -2.26. The summed E-state index contributed by atoms with van der Waals surface area (Å²) in [5, 5.41) is 10.2. The van der Waals surface area contributed by atoms with Crippen molar-refractivity contribution in [2.45, 2.75) is 37.8 Å². The van der Waals surface area contributed by atoms with E-state index in [-0.39, 0.29) is 17.9 Å². The first-order valence-corrected chi connectivity index (χ1v) is 12.3. The van der Waals surface area contributed by atoms with E-state index in [0.29, 0.717) is 19.5 Å². The average molecular weight is 485 g/mol. The van der Waals surface area contributed by atoms with Gasteiger partial charge in [-0.3, -0.25) is 4.79 Å². The van der Waals surface area contributed by atoms with Crippen LogP contribution >= 0.6 is 0 Å². The highest BCUT2D eigenvalue weighted by molar-refractivity contribution is 7.89. The van der Waals surface area contributed by atoms with Crippen LogP contribution in [0.2, 0.25) is 0 Å². The number of nitrogens with zero attached hydrogens (tertiary/aromatic N) is 3. The number of hydrogen-bond acceptors (Lipinski definition) is 4. The Hall–Kier alpha value is -3.50. The van der Waals surface area contributed by atoms with Crippen molar-refractivity contribution in [3.05, 3.63) is 83.8 Å². The molecule has 0 amide bonds. The molecule has 0 bridgehead atoms. The molecule has 10 heteroatoms. The third-order valence-electron chi connectivity index (χ3n) is 5.82. The van der Waals surface area contributed by atoms with Crippen LogP contribution in [-0.2, 0) is 34.3 Å². The van der Waals surface area contributed by atoms with E-state index in [1.165, 1.54) is 12.1 Å². The molecule has 0 saturated carbocycles. The maximum absolute atomic E-state index is 13.1. The van der Waals surface area contributed by atoms with Gasteiger partial charge in [-0.25, -0.2) is 22.5 Å². The van der Waals surface area contributed by atoms with Gasteiger partial charge < -0.3 is 14.2 Å². The van der Waals surface area contributed by atoms with Crippen molar-refractivity contribution in [1.82, 2.24) is 18.8 Å². The van der Waals surface area contributed by atoms with E-state index in [2.05, 4.69) is 9.71 Å². The van der Waals surface area contributed by atoms with Crippen LogP contribution in [0, 0.1) is 12.7 Å². The fourth-order valence-corrected chi connectivity index (χ4v) is 5.19. The number of halogens is 1.